The van der Waals surface area contributed by atoms with Crippen LogP contribution in [0.15, 0.2) is 24.5 Å². The summed E-state index contributed by atoms with van der Waals surface area (Å²) in [5, 5.41) is 0. The van der Waals surface area contributed by atoms with Crippen molar-refractivity contribution in [2.24, 2.45) is 0 Å². The van der Waals surface area contributed by atoms with Gasteiger partial charge in [0.25, 0.3) is 0 Å². The average Bonchev–Trinajstić information content (AvgIpc) is 2.88. The maximum Gasteiger partial charge on any atom is 0.331 e. The Balaban J connectivity index is 3.26. The summed E-state index contributed by atoms with van der Waals surface area (Å²) in [6.45, 7) is 18.3. The number of aromatic nitrogens is 1. The zero-order valence-corrected chi connectivity index (χ0v) is 17.0. The first-order valence-electron chi connectivity index (χ1n) is 8.71. The molecule has 1 rings (SSSR count). The molecule has 0 bridgehead atoms. The van der Waals surface area contributed by atoms with Crippen LogP contribution in [0.3, 0.4) is 0 Å². The van der Waals surface area contributed by atoms with Gasteiger partial charge in [0, 0.05) is 12.3 Å². The molecule has 23 heavy (non-hydrogen) atoms. The van der Waals surface area contributed by atoms with Crippen LogP contribution in [0.5, 0.6) is 0 Å². The van der Waals surface area contributed by atoms with E-state index in [0.29, 0.717) is 23.2 Å². The molecule has 0 aliphatic carbocycles. The second-order valence-electron chi connectivity index (χ2n) is 7.24. The predicted molar refractivity (Wildman–Crippen MR) is 101 cm³/mol. The zero-order chi connectivity index (χ0) is 17.8. The molecule has 1 aromatic heterocycles. The fourth-order valence-electron chi connectivity index (χ4n) is 4.21. The first-order chi connectivity index (χ1) is 10.7. The summed E-state index contributed by atoms with van der Waals surface area (Å²) in [5.41, 5.74) is 4.02. The highest BCUT2D eigenvalue weighted by Gasteiger charge is 2.44. The third kappa shape index (κ3) is 3.97. The Bertz CT molecular complexity index is 534. The molecule has 0 fully saturated rings. The van der Waals surface area contributed by atoms with Gasteiger partial charge in [0.2, 0.25) is 0 Å². The van der Waals surface area contributed by atoms with Crippen molar-refractivity contribution < 1.29 is 9.53 Å². The van der Waals surface area contributed by atoms with Gasteiger partial charge < -0.3 is 8.97 Å². The summed E-state index contributed by atoms with van der Waals surface area (Å²) in [6.07, 6.45) is 6.04. The summed E-state index contributed by atoms with van der Waals surface area (Å²) in [5.74, 6) is -0.266. The van der Waals surface area contributed by atoms with E-state index < -0.39 is 8.24 Å². The van der Waals surface area contributed by atoms with Crippen LogP contribution in [-0.4, -0.2) is 25.0 Å². The SMILES string of the molecule is CCOC(=O)/C=C(\C)c1ccn([Si](C(C)C)(C(C)C)C(C)C)c1. The predicted octanol–water partition coefficient (Wildman–Crippen LogP) is 5.48. The molecule has 0 N–H and O–H groups in total. The third-order valence-electron chi connectivity index (χ3n) is 4.99. The van der Waals surface area contributed by atoms with Crippen molar-refractivity contribution in [3.63, 3.8) is 0 Å². The number of carbonyl (C=O) groups is 1. The second kappa shape index (κ2) is 8.00. The number of hydrogen-bond donors (Lipinski definition) is 0. The van der Waals surface area contributed by atoms with E-state index in [9.17, 15) is 4.79 Å². The van der Waals surface area contributed by atoms with Gasteiger partial charge in [0.05, 0.1) is 6.61 Å². The van der Waals surface area contributed by atoms with Crippen molar-refractivity contribution >= 4 is 19.8 Å². The van der Waals surface area contributed by atoms with Crippen LogP contribution in [0.25, 0.3) is 5.57 Å². The summed E-state index contributed by atoms with van der Waals surface area (Å²) >= 11 is 0. The first-order valence-corrected chi connectivity index (χ1v) is 10.9. The van der Waals surface area contributed by atoms with Crippen molar-refractivity contribution in [2.75, 3.05) is 6.61 Å². The Hall–Kier alpha value is -1.29. The van der Waals surface area contributed by atoms with Crippen LogP contribution in [0.4, 0.5) is 0 Å². The van der Waals surface area contributed by atoms with Crippen LogP contribution >= 0.6 is 0 Å². The van der Waals surface area contributed by atoms with E-state index in [-0.39, 0.29) is 5.97 Å². The molecule has 0 saturated carbocycles. The minimum absolute atomic E-state index is 0.266. The fraction of sp³-hybridized carbons (Fsp3) is 0.632. The van der Waals surface area contributed by atoms with Crippen molar-refractivity contribution in [1.29, 1.82) is 0 Å². The molecular weight excluding hydrogens is 302 g/mol. The van der Waals surface area contributed by atoms with Gasteiger partial charge in [-0.25, -0.2) is 4.79 Å². The van der Waals surface area contributed by atoms with E-state index in [0.717, 1.165) is 11.1 Å². The topological polar surface area (TPSA) is 31.2 Å². The molecule has 1 heterocycles. The highest BCUT2D eigenvalue weighted by Crippen LogP contribution is 2.42. The summed E-state index contributed by atoms with van der Waals surface area (Å²) in [6, 6.07) is 2.12. The molecular formula is C19H33NO2Si. The quantitative estimate of drug-likeness (QED) is 0.375. The molecule has 130 valence electrons. The van der Waals surface area contributed by atoms with Crippen molar-refractivity contribution in [2.45, 2.75) is 72.0 Å². The van der Waals surface area contributed by atoms with Crippen molar-refractivity contribution in [1.82, 2.24) is 4.23 Å². The summed E-state index contributed by atoms with van der Waals surface area (Å²) < 4.78 is 7.50. The van der Waals surface area contributed by atoms with Gasteiger partial charge in [-0.15, -0.1) is 0 Å². The number of nitrogens with zero attached hydrogens (tertiary/aromatic N) is 1. The Morgan fingerprint density at radius 2 is 1.70 bits per heavy atom. The van der Waals surface area contributed by atoms with Crippen LogP contribution in [0.1, 0.15) is 61.0 Å². The van der Waals surface area contributed by atoms with E-state index in [4.69, 9.17) is 4.74 Å². The molecule has 0 aliphatic rings. The lowest BCUT2D eigenvalue weighted by Gasteiger charge is -2.44. The molecule has 0 unspecified atom stereocenters. The van der Waals surface area contributed by atoms with Gasteiger partial charge in [-0.1, -0.05) is 41.5 Å². The van der Waals surface area contributed by atoms with Gasteiger partial charge in [-0.2, -0.15) is 0 Å². The molecule has 0 amide bonds. The third-order valence-corrected chi connectivity index (χ3v) is 11.7. The van der Waals surface area contributed by atoms with Crippen LogP contribution in [0, 0.1) is 0 Å². The number of carbonyl (C=O) groups excluding carboxylic acids is 1. The lowest BCUT2D eigenvalue weighted by atomic mass is 10.1. The van der Waals surface area contributed by atoms with Gasteiger partial charge in [-0.3, -0.25) is 0 Å². The monoisotopic (exact) mass is 335 g/mol. The zero-order valence-electron chi connectivity index (χ0n) is 16.0. The number of ether oxygens (including phenoxy) is 1. The molecule has 4 heteroatoms. The number of esters is 1. The summed E-state index contributed by atoms with van der Waals surface area (Å²) in [4.78, 5) is 11.7. The Morgan fingerprint density at radius 3 is 2.13 bits per heavy atom. The average molecular weight is 336 g/mol. The molecule has 1 aromatic rings. The van der Waals surface area contributed by atoms with Gasteiger partial charge in [-0.05, 0) is 53.9 Å². The molecule has 0 saturated heterocycles. The number of rotatable bonds is 7. The highest BCUT2D eigenvalue weighted by atomic mass is 28.3. The lowest BCUT2D eigenvalue weighted by molar-refractivity contribution is -0.137. The van der Waals surface area contributed by atoms with Gasteiger partial charge in [0.1, 0.15) is 0 Å². The Labute approximate surface area is 142 Å². The standard InChI is InChI=1S/C19H33NO2Si/c1-9-22-19(21)12-17(8)18-10-11-20(13-18)23(14(2)3,15(4)5)16(6)7/h10-16H,9H2,1-8H3/b17-12+. The van der Waals surface area contributed by atoms with E-state index in [1.807, 2.05) is 13.8 Å². The van der Waals surface area contributed by atoms with E-state index in [2.05, 4.69) is 64.2 Å². The van der Waals surface area contributed by atoms with Gasteiger partial charge >= 0.3 is 5.97 Å². The van der Waals surface area contributed by atoms with Crippen LogP contribution < -0.4 is 0 Å². The van der Waals surface area contributed by atoms with E-state index in [1.54, 1.807) is 6.08 Å². The molecule has 0 aliphatic heterocycles. The number of hydrogen-bond acceptors (Lipinski definition) is 2. The fourth-order valence-corrected chi connectivity index (χ4v) is 10.7. The molecule has 3 nitrogen and oxygen atoms in total. The maximum atomic E-state index is 11.7. The van der Waals surface area contributed by atoms with Crippen molar-refractivity contribution in [3.8, 4) is 0 Å². The maximum absolute atomic E-state index is 11.7. The minimum atomic E-state index is -1.71. The van der Waals surface area contributed by atoms with Crippen LogP contribution in [0.2, 0.25) is 16.6 Å². The summed E-state index contributed by atoms with van der Waals surface area (Å²) in [7, 11) is -1.71. The molecule has 0 atom stereocenters. The molecule has 0 spiro atoms. The molecule has 0 radical (unpaired) electrons. The van der Waals surface area contributed by atoms with Crippen LogP contribution in [-0.2, 0) is 9.53 Å². The second-order valence-corrected chi connectivity index (χ2v) is 13.0. The van der Waals surface area contributed by atoms with Gasteiger partial charge in [0.15, 0.2) is 8.24 Å². The smallest absolute Gasteiger partial charge is 0.331 e. The lowest BCUT2D eigenvalue weighted by Crippen LogP contribution is -2.51. The Morgan fingerprint density at radius 1 is 1.17 bits per heavy atom. The minimum Gasteiger partial charge on any atom is -0.463 e. The van der Waals surface area contributed by atoms with E-state index >= 15 is 0 Å². The largest absolute Gasteiger partial charge is 0.463 e. The number of allylic oxidation sites excluding steroid dienone is 1. The molecule has 0 aromatic carbocycles. The highest BCUT2D eigenvalue weighted by molar-refractivity contribution is 6.82. The first kappa shape index (κ1) is 19.8. The normalized spacial score (nSPS) is 13.3. The van der Waals surface area contributed by atoms with Crippen molar-refractivity contribution in [3.05, 3.63) is 30.1 Å². The van der Waals surface area contributed by atoms with E-state index in [1.165, 1.54) is 0 Å². The Kier molecular flexibility index (Phi) is 6.87.